The van der Waals surface area contributed by atoms with Gasteiger partial charge in [-0.15, -0.1) is 0 Å². The predicted molar refractivity (Wildman–Crippen MR) is 107 cm³/mol. The predicted octanol–water partition coefficient (Wildman–Crippen LogP) is 4.17. The number of fused-ring (bicyclic) bond motifs is 1. The minimum atomic E-state index is -0.183. The third-order valence-corrected chi connectivity index (χ3v) is 4.26. The maximum absolute atomic E-state index is 12.4. The number of ether oxygens (including phenoxy) is 2. The van der Waals surface area contributed by atoms with E-state index in [-0.39, 0.29) is 5.91 Å². The number of nitrogens with zero attached hydrogens (tertiary/aromatic N) is 2. The van der Waals surface area contributed by atoms with Crippen LogP contribution in [0, 0.1) is 0 Å². The molecule has 6 heteroatoms. The van der Waals surface area contributed by atoms with Gasteiger partial charge in [-0.2, -0.15) is 0 Å². The van der Waals surface area contributed by atoms with Crippen LogP contribution in [0.5, 0.6) is 11.5 Å². The highest BCUT2D eigenvalue weighted by molar-refractivity contribution is 6.04. The first kappa shape index (κ1) is 17.6. The number of hydrogen-bond donors (Lipinski definition) is 1. The number of carbonyl (C=O) groups is 1. The molecule has 0 saturated carbocycles. The zero-order valence-corrected chi connectivity index (χ0v) is 15.3. The Kier molecular flexibility index (Phi) is 4.93. The molecule has 2 heterocycles. The number of anilines is 1. The quantitative estimate of drug-likeness (QED) is 0.551. The molecule has 0 aliphatic rings. The molecule has 0 aliphatic heterocycles. The van der Waals surface area contributed by atoms with E-state index in [9.17, 15) is 4.79 Å². The van der Waals surface area contributed by atoms with Crippen molar-refractivity contribution in [3.05, 3.63) is 90.4 Å². The summed E-state index contributed by atoms with van der Waals surface area (Å²) in [5.74, 6) is 1.24. The highest BCUT2D eigenvalue weighted by Gasteiger charge is 2.07. The molecule has 2 aromatic carbocycles. The number of hydrogen-bond acceptors (Lipinski definition) is 4. The van der Waals surface area contributed by atoms with E-state index < -0.39 is 0 Å². The number of carbonyl (C=O) groups excluding carboxylic acids is 1. The zero-order valence-electron chi connectivity index (χ0n) is 15.3. The lowest BCUT2D eigenvalue weighted by Crippen LogP contribution is -2.11. The summed E-state index contributed by atoms with van der Waals surface area (Å²) in [6.45, 7) is 0.360. The van der Waals surface area contributed by atoms with Crippen LogP contribution in [-0.2, 0) is 6.61 Å². The molecule has 6 nitrogen and oxygen atoms in total. The van der Waals surface area contributed by atoms with Crippen molar-refractivity contribution in [2.24, 2.45) is 0 Å². The average molecular weight is 373 g/mol. The number of imidazole rings is 1. The van der Waals surface area contributed by atoms with E-state index in [1.165, 1.54) is 0 Å². The topological polar surface area (TPSA) is 64.9 Å². The molecule has 0 spiro atoms. The molecule has 2 aromatic heterocycles. The maximum Gasteiger partial charge on any atom is 0.255 e. The van der Waals surface area contributed by atoms with Crippen LogP contribution in [0.2, 0.25) is 0 Å². The Hall–Kier alpha value is -3.80. The molecule has 1 amide bonds. The average Bonchev–Trinajstić information content (AvgIpc) is 3.16. The number of rotatable bonds is 6. The van der Waals surface area contributed by atoms with Crippen molar-refractivity contribution in [3.63, 3.8) is 0 Å². The highest BCUT2D eigenvalue weighted by atomic mass is 16.5. The number of methoxy groups -OCH3 is 1. The Labute approximate surface area is 162 Å². The van der Waals surface area contributed by atoms with Gasteiger partial charge in [0, 0.05) is 23.6 Å². The smallest absolute Gasteiger partial charge is 0.255 e. The molecule has 0 unspecified atom stereocenters. The Morgan fingerprint density at radius 1 is 1.00 bits per heavy atom. The summed E-state index contributed by atoms with van der Waals surface area (Å²) < 4.78 is 12.8. The van der Waals surface area contributed by atoms with Crippen LogP contribution in [0.3, 0.4) is 0 Å². The summed E-state index contributed by atoms with van der Waals surface area (Å²) in [5, 5.41) is 2.85. The molecule has 28 heavy (non-hydrogen) atoms. The lowest BCUT2D eigenvalue weighted by molar-refractivity contribution is 0.102. The second-order valence-electron chi connectivity index (χ2n) is 6.19. The van der Waals surface area contributed by atoms with Crippen molar-refractivity contribution in [2.75, 3.05) is 12.4 Å². The summed E-state index contributed by atoms with van der Waals surface area (Å²) in [6, 6.07) is 20.1. The third-order valence-electron chi connectivity index (χ3n) is 4.26. The fourth-order valence-electron chi connectivity index (χ4n) is 2.79. The maximum atomic E-state index is 12.4. The van der Waals surface area contributed by atoms with Crippen LogP contribution in [-0.4, -0.2) is 22.4 Å². The van der Waals surface area contributed by atoms with Gasteiger partial charge >= 0.3 is 0 Å². The molecule has 0 bridgehead atoms. The first-order valence-corrected chi connectivity index (χ1v) is 8.82. The van der Waals surface area contributed by atoms with Gasteiger partial charge in [0.05, 0.1) is 12.8 Å². The zero-order chi connectivity index (χ0) is 19.3. The second kappa shape index (κ2) is 7.84. The van der Waals surface area contributed by atoms with Gasteiger partial charge in [0.2, 0.25) is 0 Å². The first-order valence-electron chi connectivity index (χ1n) is 8.82. The summed E-state index contributed by atoms with van der Waals surface area (Å²) in [7, 11) is 1.60. The molecule has 1 N–H and O–H groups in total. The summed E-state index contributed by atoms with van der Waals surface area (Å²) in [6.07, 6.45) is 3.88. The van der Waals surface area contributed by atoms with Crippen LogP contribution in [0.25, 0.3) is 5.65 Å². The van der Waals surface area contributed by atoms with E-state index in [1.807, 2.05) is 35.0 Å². The molecule has 0 saturated heterocycles. The minimum Gasteiger partial charge on any atom is -0.497 e. The van der Waals surface area contributed by atoms with Crippen LogP contribution >= 0.6 is 0 Å². The van der Waals surface area contributed by atoms with Crippen LogP contribution in [0.1, 0.15) is 16.1 Å². The number of nitrogens with one attached hydrogen (secondary N) is 1. The van der Waals surface area contributed by atoms with Crippen molar-refractivity contribution in [2.45, 2.75) is 6.61 Å². The molecule has 140 valence electrons. The largest absolute Gasteiger partial charge is 0.497 e. The van der Waals surface area contributed by atoms with Gasteiger partial charge in [-0.3, -0.25) is 4.79 Å². The lowest BCUT2D eigenvalue weighted by atomic mass is 10.2. The Bertz CT molecular complexity index is 1050. The molecule has 0 fully saturated rings. The SMILES string of the molecule is COc1ccc(NC(=O)c2ccc(OCc3cn4ccccc4n3)cc2)cc1. The van der Waals surface area contributed by atoms with Crippen molar-refractivity contribution in [3.8, 4) is 11.5 Å². The van der Waals surface area contributed by atoms with E-state index >= 15 is 0 Å². The van der Waals surface area contributed by atoms with E-state index in [2.05, 4.69) is 10.3 Å². The lowest BCUT2D eigenvalue weighted by Gasteiger charge is -2.08. The van der Waals surface area contributed by atoms with Gasteiger partial charge in [0.25, 0.3) is 5.91 Å². The Morgan fingerprint density at radius 2 is 1.75 bits per heavy atom. The molecular formula is C22H19N3O3. The van der Waals surface area contributed by atoms with Gasteiger partial charge in [0.1, 0.15) is 23.8 Å². The fraction of sp³-hybridized carbons (Fsp3) is 0.0909. The van der Waals surface area contributed by atoms with Gasteiger partial charge < -0.3 is 19.2 Å². The van der Waals surface area contributed by atoms with E-state index in [0.717, 1.165) is 17.1 Å². The van der Waals surface area contributed by atoms with Crippen molar-refractivity contribution in [1.82, 2.24) is 9.38 Å². The van der Waals surface area contributed by atoms with Crippen LogP contribution in [0.4, 0.5) is 5.69 Å². The van der Waals surface area contributed by atoms with Crippen molar-refractivity contribution >= 4 is 17.2 Å². The fourth-order valence-corrected chi connectivity index (χ4v) is 2.79. The molecule has 0 atom stereocenters. The molecule has 4 rings (SSSR count). The van der Waals surface area contributed by atoms with E-state index in [0.29, 0.717) is 23.6 Å². The van der Waals surface area contributed by atoms with Gasteiger partial charge in [-0.1, -0.05) is 6.07 Å². The van der Waals surface area contributed by atoms with E-state index in [4.69, 9.17) is 9.47 Å². The molecule has 0 radical (unpaired) electrons. The third kappa shape index (κ3) is 3.96. The molecule has 4 aromatic rings. The van der Waals surface area contributed by atoms with Crippen molar-refractivity contribution < 1.29 is 14.3 Å². The summed E-state index contributed by atoms with van der Waals surface area (Å²) >= 11 is 0. The minimum absolute atomic E-state index is 0.183. The monoisotopic (exact) mass is 373 g/mol. The highest BCUT2D eigenvalue weighted by Crippen LogP contribution is 2.18. The number of amides is 1. The normalized spacial score (nSPS) is 10.6. The first-order chi connectivity index (χ1) is 13.7. The van der Waals surface area contributed by atoms with Gasteiger partial charge in [-0.05, 0) is 60.7 Å². The van der Waals surface area contributed by atoms with Gasteiger partial charge in [-0.25, -0.2) is 4.98 Å². The van der Waals surface area contributed by atoms with E-state index in [1.54, 1.807) is 55.6 Å². The van der Waals surface area contributed by atoms with Crippen molar-refractivity contribution in [1.29, 1.82) is 0 Å². The Balaban J connectivity index is 1.36. The standard InChI is InChI=1S/C22H19N3O3/c1-27-19-11-7-17(8-12-19)24-22(26)16-5-9-20(10-6-16)28-15-18-14-25-13-3-2-4-21(25)23-18/h2-14H,15H2,1H3,(H,24,26). The molecule has 0 aliphatic carbocycles. The second-order valence-corrected chi connectivity index (χ2v) is 6.19. The number of benzene rings is 2. The summed E-state index contributed by atoms with van der Waals surface area (Å²) in [5.41, 5.74) is 2.98. The van der Waals surface area contributed by atoms with Gasteiger partial charge in [0.15, 0.2) is 0 Å². The number of pyridine rings is 1. The Morgan fingerprint density at radius 3 is 2.46 bits per heavy atom. The number of aromatic nitrogens is 2. The van der Waals surface area contributed by atoms with Crippen LogP contribution < -0.4 is 14.8 Å². The summed E-state index contributed by atoms with van der Waals surface area (Å²) in [4.78, 5) is 16.9. The van der Waals surface area contributed by atoms with Crippen LogP contribution in [0.15, 0.2) is 79.1 Å². The molecular weight excluding hydrogens is 354 g/mol.